The first-order valence-electron chi connectivity index (χ1n) is 6.23. The van der Waals surface area contributed by atoms with Gasteiger partial charge in [-0.15, -0.1) is 0 Å². The highest BCUT2D eigenvalue weighted by Gasteiger charge is 1.98. The topological polar surface area (TPSA) is 24.5 Å². The van der Waals surface area contributed by atoms with E-state index in [0.29, 0.717) is 6.04 Å². The Morgan fingerprint density at radius 2 is 2.06 bits per heavy atom. The standard InChI is InChI=1S/C14H24N2O/c1-12(2)15-9-6-10-17-14-8-5-7-13(11-14)16(3)4/h5,7-8,11-12,15H,6,9-10H2,1-4H3. The van der Waals surface area contributed by atoms with E-state index in [9.17, 15) is 0 Å². The molecule has 1 N–H and O–H groups in total. The monoisotopic (exact) mass is 236 g/mol. The van der Waals surface area contributed by atoms with Gasteiger partial charge in [-0.25, -0.2) is 0 Å². The van der Waals surface area contributed by atoms with Gasteiger partial charge in [0.2, 0.25) is 0 Å². The zero-order chi connectivity index (χ0) is 12.7. The molecule has 0 aliphatic rings. The molecule has 0 aliphatic heterocycles. The Labute approximate surface area is 105 Å². The molecule has 3 nitrogen and oxygen atoms in total. The molecule has 17 heavy (non-hydrogen) atoms. The second-order valence-corrected chi connectivity index (χ2v) is 4.70. The normalized spacial score (nSPS) is 10.6. The lowest BCUT2D eigenvalue weighted by Crippen LogP contribution is -2.24. The van der Waals surface area contributed by atoms with Crippen LogP contribution in [0.5, 0.6) is 5.75 Å². The molecule has 96 valence electrons. The van der Waals surface area contributed by atoms with Crippen LogP contribution >= 0.6 is 0 Å². The van der Waals surface area contributed by atoms with E-state index in [4.69, 9.17) is 4.74 Å². The molecule has 0 saturated heterocycles. The predicted octanol–water partition coefficient (Wildman–Crippen LogP) is 2.52. The molecule has 0 atom stereocenters. The number of ether oxygens (including phenoxy) is 1. The van der Waals surface area contributed by atoms with Crippen molar-refractivity contribution in [2.24, 2.45) is 0 Å². The molecule has 1 aromatic carbocycles. The Bertz CT molecular complexity index is 324. The molecule has 0 bridgehead atoms. The summed E-state index contributed by atoms with van der Waals surface area (Å²) in [5.41, 5.74) is 1.17. The molecular weight excluding hydrogens is 212 g/mol. The highest BCUT2D eigenvalue weighted by Crippen LogP contribution is 2.19. The first-order valence-corrected chi connectivity index (χ1v) is 6.23. The lowest BCUT2D eigenvalue weighted by atomic mass is 10.3. The quantitative estimate of drug-likeness (QED) is 0.736. The van der Waals surface area contributed by atoms with E-state index in [1.54, 1.807) is 0 Å². The van der Waals surface area contributed by atoms with Gasteiger partial charge in [0.15, 0.2) is 0 Å². The number of benzene rings is 1. The Balaban J connectivity index is 2.29. The highest BCUT2D eigenvalue weighted by atomic mass is 16.5. The minimum absolute atomic E-state index is 0.548. The van der Waals surface area contributed by atoms with Crippen molar-refractivity contribution in [3.05, 3.63) is 24.3 Å². The summed E-state index contributed by atoms with van der Waals surface area (Å²) in [6.45, 7) is 6.07. The summed E-state index contributed by atoms with van der Waals surface area (Å²) in [5, 5.41) is 3.37. The number of rotatable bonds is 7. The summed E-state index contributed by atoms with van der Waals surface area (Å²) in [6, 6.07) is 8.72. The molecule has 0 aliphatic carbocycles. The van der Waals surface area contributed by atoms with Crippen LogP contribution in [0.3, 0.4) is 0 Å². The zero-order valence-corrected chi connectivity index (χ0v) is 11.4. The van der Waals surface area contributed by atoms with E-state index < -0.39 is 0 Å². The first kappa shape index (κ1) is 13.8. The van der Waals surface area contributed by atoms with Crippen molar-refractivity contribution >= 4 is 5.69 Å². The summed E-state index contributed by atoms with van der Waals surface area (Å²) in [6.07, 6.45) is 1.03. The van der Waals surface area contributed by atoms with E-state index in [-0.39, 0.29) is 0 Å². The molecule has 0 fully saturated rings. The fraction of sp³-hybridized carbons (Fsp3) is 0.571. The minimum Gasteiger partial charge on any atom is -0.493 e. The molecule has 0 saturated carbocycles. The van der Waals surface area contributed by atoms with Crippen LogP contribution in [0.2, 0.25) is 0 Å². The largest absolute Gasteiger partial charge is 0.493 e. The molecule has 0 radical (unpaired) electrons. The van der Waals surface area contributed by atoms with Gasteiger partial charge in [0.25, 0.3) is 0 Å². The molecule has 0 aromatic heterocycles. The summed E-state index contributed by atoms with van der Waals surface area (Å²) in [5.74, 6) is 0.945. The SMILES string of the molecule is CC(C)NCCCOc1cccc(N(C)C)c1. The second kappa shape index (κ2) is 7.17. The van der Waals surface area contributed by atoms with Crippen LogP contribution in [0.1, 0.15) is 20.3 Å². The third-order valence-electron chi connectivity index (χ3n) is 2.48. The molecule has 0 unspecified atom stereocenters. The molecule has 1 aromatic rings. The fourth-order valence-corrected chi connectivity index (χ4v) is 1.50. The third-order valence-corrected chi connectivity index (χ3v) is 2.48. The van der Waals surface area contributed by atoms with Crippen LogP contribution in [-0.4, -0.2) is 33.3 Å². The van der Waals surface area contributed by atoms with Gasteiger partial charge >= 0.3 is 0 Å². The smallest absolute Gasteiger partial charge is 0.121 e. The Morgan fingerprint density at radius 1 is 1.29 bits per heavy atom. The molecular formula is C14H24N2O. The van der Waals surface area contributed by atoms with Crippen molar-refractivity contribution in [3.63, 3.8) is 0 Å². The van der Waals surface area contributed by atoms with E-state index >= 15 is 0 Å². The fourth-order valence-electron chi connectivity index (χ4n) is 1.50. The van der Waals surface area contributed by atoms with Gasteiger partial charge in [-0.1, -0.05) is 19.9 Å². The summed E-state index contributed by atoms with van der Waals surface area (Å²) < 4.78 is 5.71. The lowest BCUT2D eigenvalue weighted by molar-refractivity contribution is 0.306. The molecule has 0 spiro atoms. The summed E-state index contributed by atoms with van der Waals surface area (Å²) >= 11 is 0. The van der Waals surface area contributed by atoms with Crippen molar-refractivity contribution in [1.82, 2.24) is 5.32 Å². The molecule has 3 heteroatoms. The van der Waals surface area contributed by atoms with Crippen LogP contribution in [0.4, 0.5) is 5.69 Å². The molecule has 0 heterocycles. The third kappa shape index (κ3) is 5.59. The summed E-state index contributed by atoms with van der Waals surface area (Å²) in [7, 11) is 4.07. The first-order chi connectivity index (χ1) is 8.09. The van der Waals surface area contributed by atoms with E-state index in [0.717, 1.165) is 25.3 Å². The van der Waals surface area contributed by atoms with Gasteiger partial charge in [-0.05, 0) is 25.1 Å². The number of nitrogens with zero attached hydrogens (tertiary/aromatic N) is 1. The van der Waals surface area contributed by atoms with Crippen molar-refractivity contribution in [2.75, 3.05) is 32.1 Å². The predicted molar refractivity (Wildman–Crippen MR) is 74.0 cm³/mol. The number of hydrogen-bond donors (Lipinski definition) is 1. The van der Waals surface area contributed by atoms with Gasteiger partial charge in [0.05, 0.1) is 6.61 Å². The second-order valence-electron chi connectivity index (χ2n) is 4.70. The van der Waals surface area contributed by atoms with Crippen molar-refractivity contribution in [2.45, 2.75) is 26.3 Å². The van der Waals surface area contributed by atoms with Gasteiger partial charge in [-0.3, -0.25) is 0 Å². The maximum Gasteiger partial charge on any atom is 0.121 e. The maximum atomic E-state index is 5.71. The van der Waals surface area contributed by atoms with E-state index in [1.807, 2.05) is 26.2 Å². The number of anilines is 1. The molecule has 0 amide bonds. The summed E-state index contributed by atoms with van der Waals surface area (Å²) in [4.78, 5) is 2.08. The maximum absolute atomic E-state index is 5.71. The van der Waals surface area contributed by atoms with Crippen molar-refractivity contribution in [3.8, 4) is 5.75 Å². The minimum atomic E-state index is 0.548. The van der Waals surface area contributed by atoms with E-state index in [2.05, 4.69) is 36.2 Å². The average molecular weight is 236 g/mol. The molecule has 1 rings (SSSR count). The zero-order valence-electron chi connectivity index (χ0n) is 11.4. The van der Waals surface area contributed by atoms with Gasteiger partial charge < -0.3 is 15.0 Å². The number of hydrogen-bond acceptors (Lipinski definition) is 3. The van der Waals surface area contributed by atoms with Gasteiger partial charge in [0, 0.05) is 31.9 Å². The van der Waals surface area contributed by atoms with Crippen molar-refractivity contribution < 1.29 is 4.74 Å². The lowest BCUT2D eigenvalue weighted by Gasteiger charge is -2.14. The van der Waals surface area contributed by atoms with Gasteiger partial charge in [0.1, 0.15) is 5.75 Å². The van der Waals surface area contributed by atoms with Crippen LogP contribution in [0.15, 0.2) is 24.3 Å². The van der Waals surface area contributed by atoms with Crippen molar-refractivity contribution in [1.29, 1.82) is 0 Å². The van der Waals surface area contributed by atoms with Gasteiger partial charge in [-0.2, -0.15) is 0 Å². The van der Waals surface area contributed by atoms with Crippen LogP contribution in [-0.2, 0) is 0 Å². The van der Waals surface area contributed by atoms with Crippen LogP contribution in [0, 0.1) is 0 Å². The van der Waals surface area contributed by atoms with Crippen LogP contribution < -0.4 is 15.0 Å². The Kier molecular flexibility index (Phi) is 5.84. The average Bonchev–Trinajstić information content (AvgIpc) is 2.28. The highest BCUT2D eigenvalue weighted by molar-refractivity contribution is 5.49. The van der Waals surface area contributed by atoms with Crippen LogP contribution in [0.25, 0.3) is 0 Å². The number of nitrogens with one attached hydrogen (secondary N) is 1. The Hall–Kier alpha value is -1.22. The Morgan fingerprint density at radius 3 is 2.71 bits per heavy atom. The van der Waals surface area contributed by atoms with E-state index in [1.165, 1.54) is 5.69 Å².